The topological polar surface area (TPSA) is 87.7 Å². The van der Waals surface area contributed by atoms with E-state index in [1.165, 1.54) is 19.4 Å². The van der Waals surface area contributed by atoms with E-state index in [2.05, 4.69) is 15.1 Å². The highest BCUT2D eigenvalue weighted by Gasteiger charge is 2.24. The molecule has 0 unspecified atom stereocenters. The number of esters is 1. The van der Waals surface area contributed by atoms with Crippen LogP contribution in [0.25, 0.3) is 11.3 Å². The number of hydrogen-bond acceptors (Lipinski definition) is 6. The number of oxime groups is 1. The number of hydrogen-bond donors (Lipinski definition) is 0. The third-order valence-corrected chi connectivity index (χ3v) is 5.40. The molecule has 0 aliphatic rings. The maximum absolute atomic E-state index is 13.1. The number of carbonyl (C=O) groups is 1. The van der Waals surface area contributed by atoms with Crippen LogP contribution >= 0.6 is 23.2 Å². The molecule has 0 spiro atoms. The minimum Gasteiger partial charge on any atom is -0.462 e. The first kappa shape index (κ1) is 23.6. The zero-order valence-corrected chi connectivity index (χ0v) is 19.4. The Bertz CT molecular complexity index is 1220. The Morgan fingerprint density at radius 2 is 1.97 bits per heavy atom. The molecule has 3 rings (SSSR count). The van der Waals surface area contributed by atoms with Gasteiger partial charge in [0, 0.05) is 30.1 Å². The highest BCUT2D eigenvalue weighted by atomic mass is 35.5. The molecule has 32 heavy (non-hydrogen) atoms. The second kappa shape index (κ2) is 10.5. The summed E-state index contributed by atoms with van der Waals surface area (Å²) >= 11 is 12.3. The minimum atomic E-state index is -0.690. The lowest BCUT2D eigenvalue weighted by molar-refractivity contribution is 0.0525. The van der Waals surface area contributed by atoms with Crippen molar-refractivity contribution >= 4 is 35.4 Å². The van der Waals surface area contributed by atoms with Crippen LogP contribution in [-0.2, 0) is 22.7 Å². The Labute approximate surface area is 195 Å². The lowest BCUT2D eigenvalue weighted by atomic mass is 10.0. The number of benzene rings is 1. The fourth-order valence-electron chi connectivity index (χ4n) is 3.34. The predicted octanol–water partition coefficient (Wildman–Crippen LogP) is 4.24. The van der Waals surface area contributed by atoms with Crippen LogP contribution in [-0.4, -0.2) is 40.2 Å². The van der Waals surface area contributed by atoms with E-state index in [0.717, 1.165) is 0 Å². The lowest BCUT2D eigenvalue weighted by Gasteiger charge is -2.20. The molecular weight excluding hydrogens is 455 g/mol. The smallest absolute Gasteiger partial charge is 0.344 e. The number of halogens is 2. The zero-order valence-electron chi connectivity index (χ0n) is 17.8. The molecule has 0 fully saturated rings. The van der Waals surface area contributed by atoms with E-state index in [9.17, 15) is 9.59 Å². The van der Waals surface area contributed by atoms with Gasteiger partial charge in [-0.2, -0.15) is 5.10 Å². The van der Waals surface area contributed by atoms with Crippen molar-refractivity contribution < 1.29 is 14.4 Å². The van der Waals surface area contributed by atoms with Crippen LogP contribution in [0.1, 0.15) is 35.6 Å². The van der Waals surface area contributed by atoms with E-state index in [1.807, 2.05) is 11.5 Å². The number of pyridine rings is 1. The van der Waals surface area contributed by atoms with Crippen molar-refractivity contribution in [3.05, 3.63) is 73.7 Å². The Morgan fingerprint density at radius 1 is 1.19 bits per heavy atom. The molecule has 0 aliphatic carbocycles. The van der Waals surface area contributed by atoms with Gasteiger partial charge >= 0.3 is 5.97 Å². The summed E-state index contributed by atoms with van der Waals surface area (Å²) in [5.41, 5.74) is 1.76. The summed E-state index contributed by atoms with van der Waals surface area (Å²) in [5, 5.41) is 8.79. The van der Waals surface area contributed by atoms with Gasteiger partial charge < -0.3 is 14.1 Å². The molecule has 0 amide bonds. The molecule has 0 atom stereocenters. The third kappa shape index (κ3) is 5.03. The maximum Gasteiger partial charge on any atom is 0.344 e. The van der Waals surface area contributed by atoms with Gasteiger partial charge in [0.15, 0.2) is 5.43 Å². The molecule has 0 saturated heterocycles. The molecule has 2 aromatic heterocycles. The molecule has 2 heterocycles. The Kier molecular flexibility index (Phi) is 7.71. The van der Waals surface area contributed by atoms with E-state index in [0.29, 0.717) is 45.8 Å². The van der Waals surface area contributed by atoms with Gasteiger partial charge in [0.1, 0.15) is 18.4 Å². The molecular formula is C22H22Cl2N4O4. The van der Waals surface area contributed by atoms with Crippen molar-refractivity contribution in [1.29, 1.82) is 0 Å². The molecule has 0 saturated carbocycles. The summed E-state index contributed by atoms with van der Waals surface area (Å²) in [6.07, 6.45) is 3.24. The maximum atomic E-state index is 13.1. The van der Waals surface area contributed by atoms with Crippen LogP contribution in [0.3, 0.4) is 0 Å². The van der Waals surface area contributed by atoms with E-state index in [4.69, 9.17) is 27.9 Å². The van der Waals surface area contributed by atoms with Crippen molar-refractivity contribution in [3.63, 3.8) is 0 Å². The van der Waals surface area contributed by atoms with Crippen LogP contribution in [0.4, 0.5) is 0 Å². The fraction of sp³-hybridized carbons (Fsp3) is 0.273. The van der Waals surface area contributed by atoms with Crippen molar-refractivity contribution in [2.24, 2.45) is 5.16 Å². The molecule has 8 nitrogen and oxygen atoms in total. The summed E-state index contributed by atoms with van der Waals surface area (Å²) in [5.74, 6) is -0.690. The Morgan fingerprint density at radius 3 is 2.62 bits per heavy atom. The fourth-order valence-corrected chi connectivity index (χ4v) is 3.64. The average Bonchev–Trinajstić information content (AvgIpc) is 3.21. The first-order valence-corrected chi connectivity index (χ1v) is 10.6. The largest absolute Gasteiger partial charge is 0.462 e. The Hall–Kier alpha value is -3.10. The molecule has 0 radical (unpaired) electrons. The Balaban J connectivity index is 2.19. The minimum absolute atomic E-state index is 0.0516. The second-order valence-corrected chi connectivity index (χ2v) is 7.49. The van der Waals surface area contributed by atoms with Crippen molar-refractivity contribution in [2.75, 3.05) is 13.7 Å². The summed E-state index contributed by atoms with van der Waals surface area (Å²) in [7, 11) is 1.45. The first-order chi connectivity index (χ1) is 15.4. The van der Waals surface area contributed by atoms with E-state index < -0.39 is 11.4 Å². The van der Waals surface area contributed by atoms with Gasteiger partial charge in [-0.1, -0.05) is 34.4 Å². The highest BCUT2D eigenvalue weighted by Crippen LogP contribution is 2.31. The lowest BCUT2D eigenvalue weighted by Crippen LogP contribution is -2.25. The zero-order chi connectivity index (χ0) is 23.3. The monoisotopic (exact) mass is 476 g/mol. The van der Waals surface area contributed by atoms with Gasteiger partial charge in [-0.25, -0.2) is 4.79 Å². The summed E-state index contributed by atoms with van der Waals surface area (Å²) in [6.45, 7) is 4.53. The standard InChI is InChI=1S/C22H22Cl2N4O4/c1-4-28-16(13-27-9-8-15(26-27)12-25-31-3)11-19(29)20(22(30)32-5-2)21(28)14-6-7-17(23)18(24)10-14/h6-12H,4-5,13H2,1-3H3. The second-order valence-electron chi connectivity index (χ2n) is 6.67. The number of carbonyl (C=O) groups excluding carboxylic acids is 1. The van der Waals surface area contributed by atoms with E-state index >= 15 is 0 Å². The SMILES string of the molecule is CCOC(=O)c1c(-c2ccc(Cl)c(Cl)c2)n(CC)c(Cn2ccc(C=NOC)n2)cc1=O. The normalized spacial score (nSPS) is 11.2. The third-order valence-electron chi connectivity index (χ3n) is 4.66. The van der Waals surface area contributed by atoms with Crippen molar-refractivity contribution in [2.45, 2.75) is 26.9 Å². The predicted molar refractivity (Wildman–Crippen MR) is 124 cm³/mol. The van der Waals surface area contributed by atoms with Gasteiger partial charge in [0.25, 0.3) is 0 Å². The molecule has 1 aromatic carbocycles. The molecule has 10 heteroatoms. The summed E-state index contributed by atoms with van der Waals surface area (Å²) < 4.78 is 8.71. The number of rotatable bonds is 8. The van der Waals surface area contributed by atoms with Crippen molar-refractivity contribution in [3.8, 4) is 11.3 Å². The molecule has 0 N–H and O–H groups in total. The summed E-state index contributed by atoms with van der Waals surface area (Å²) in [6, 6.07) is 8.17. The van der Waals surface area contributed by atoms with E-state index in [1.54, 1.807) is 42.1 Å². The van der Waals surface area contributed by atoms with Gasteiger partial charge in [0.05, 0.1) is 35.1 Å². The number of nitrogens with zero attached hydrogens (tertiary/aromatic N) is 4. The van der Waals surface area contributed by atoms with Crippen LogP contribution in [0.2, 0.25) is 10.0 Å². The van der Waals surface area contributed by atoms with Gasteiger partial charge in [-0.05, 0) is 32.0 Å². The van der Waals surface area contributed by atoms with Crippen LogP contribution in [0.15, 0.2) is 46.5 Å². The first-order valence-electron chi connectivity index (χ1n) is 9.88. The van der Waals surface area contributed by atoms with Gasteiger partial charge in [0.2, 0.25) is 0 Å². The van der Waals surface area contributed by atoms with Crippen LogP contribution in [0, 0.1) is 0 Å². The highest BCUT2D eigenvalue weighted by molar-refractivity contribution is 6.42. The molecule has 0 bridgehead atoms. The van der Waals surface area contributed by atoms with Crippen LogP contribution < -0.4 is 5.43 Å². The molecule has 3 aromatic rings. The summed E-state index contributed by atoms with van der Waals surface area (Å²) in [4.78, 5) is 30.5. The van der Waals surface area contributed by atoms with Gasteiger partial charge in [-0.3, -0.25) is 9.48 Å². The van der Waals surface area contributed by atoms with Crippen molar-refractivity contribution in [1.82, 2.24) is 14.3 Å². The van der Waals surface area contributed by atoms with E-state index in [-0.39, 0.29) is 12.2 Å². The molecule has 0 aliphatic heterocycles. The molecule has 168 valence electrons. The van der Waals surface area contributed by atoms with Crippen LogP contribution in [0.5, 0.6) is 0 Å². The van der Waals surface area contributed by atoms with Gasteiger partial charge in [-0.15, -0.1) is 0 Å². The number of ether oxygens (including phenoxy) is 1. The average molecular weight is 477 g/mol. The quantitative estimate of drug-likeness (QED) is 0.275. The number of aromatic nitrogens is 3.